The Morgan fingerprint density at radius 3 is 2.42 bits per heavy atom. The number of nitrogens with one attached hydrogen (secondary N) is 1. The zero-order valence-corrected chi connectivity index (χ0v) is 11.0. The van der Waals surface area contributed by atoms with Crippen LogP contribution in [0.2, 0.25) is 0 Å². The van der Waals surface area contributed by atoms with Crippen LogP contribution in [0.25, 0.3) is 0 Å². The number of halogens is 3. The van der Waals surface area contributed by atoms with Crippen LogP contribution in [0.3, 0.4) is 0 Å². The monoisotopic (exact) mass is 271 g/mol. The number of hydrogen-bond donors (Lipinski definition) is 1. The Morgan fingerprint density at radius 2 is 1.74 bits per heavy atom. The molecule has 0 aromatic heterocycles. The minimum Gasteiger partial charge on any atom is -0.314 e. The Morgan fingerprint density at radius 1 is 1.05 bits per heavy atom. The number of rotatable bonds is 4. The van der Waals surface area contributed by atoms with Crippen molar-refractivity contribution < 1.29 is 13.2 Å². The third-order valence-corrected chi connectivity index (χ3v) is 3.76. The molecule has 1 aromatic carbocycles. The summed E-state index contributed by atoms with van der Waals surface area (Å²) in [5.74, 6) is 0. The topological polar surface area (TPSA) is 12.0 Å². The maximum atomic E-state index is 12.8. The molecule has 1 nitrogen and oxygen atoms in total. The minimum absolute atomic E-state index is 0.387. The average molecular weight is 271 g/mol. The third-order valence-electron chi connectivity index (χ3n) is 3.76. The van der Waals surface area contributed by atoms with Gasteiger partial charge in [-0.05, 0) is 37.4 Å². The van der Waals surface area contributed by atoms with Gasteiger partial charge in [0.2, 0.25) is 0 Å². The fourth-order valence-corrected chi connectivity index (χ4v) is 2.73. The largest absolute Gasteiger partial charge is 0.416 e. The van der Waals surface area contributed by atoms with Gasteiger partial charge in [-0.2, -0.15) is 13.2 Å². The second kappa shape index (κ2) is 6.42. The van der Waals surface area contributed by atoms with E-state index >= 15 is 0 Å². The fourth-order valence-electron chi connectivity index (χ4n) is 2.73. The molecule has 0 aliphatic heterocycles. The van der Waals surface area contributed by atoms with E-state index in [-0.39, 0.29) is 0 Å². The molecule has 1 aromatic rings. The summed E-state index contributed by atoms with van der Waals surface area (Å²) < 4.78 is 38.4. The van der Waals surface area contributed by atoms with Crippen LogP contribution in [0.4, 0.5) is 13.2 Å². The van der Waals surface area contributed by atoms with Crippen molar-refractivity contribution in [2.45, 2.75) is 50.7 Å². The first kappa shape index (κ1) is 14.4. The number of alkyl halides is 3. The van der Waals surface area contributed by atoms with E-state index in [9.17, 15) is 13.2 Å². The van der Waals surface area contributed by atoms with Gasteiger partial charge in [0.15, 0.2) is 0 Å². The van der Waals surface area contributed by atoms with Crippen molar-refractivity contribution in [2.75, 3.05) is 6.54 Å². The van der Waals surface area contributed by atoms with Crippen LogP contribution in [-0.4, -0.2) is 12.6 Å². The quantitative estimate of drug-likeness (QED) is 0.866. The van der Waals surface area contributed by atoms with Gasteiger partial charge in [-0.1, -0.05) is 37.5 Å². The second-order valence-electron chi connectivity index (χ2n) is 5.19. The molecule has 1 aliphatic rings. The highest BCUT2D eigenvalue weighted by atomic mass is 19.4. The highest BCUT2D eigenvalue weighted by Crippen LogP contribution is 2.31. The standard InChI is InChI=1S/C15H20F3N/c16-15(17,18)14-9-5-4-6-12(14)10-11-19-13-7-2-1-3-8-13/h4-6,9,13,19H,1-3,7-8,10-11H2. The highest BCUT2D eigenvalue weighted by molar-refractivity contribution is 5.29. The molecule has 0 spiro atoms. The van der Waals surface area contributed by atoms with Gasteiger partial charge in [-0.15, -0.1) is 0 Å². The smallest absolute Gasteiger partial charge is 0.314 e. The number of benzene rings is 1. The SMILES string of the molecule is FC(F)(F)c1ccccc1CCNC1CCCCC1. The normalized spacial score (nSPS) is 17.6. The van der Waals surface area contributed by atoms with E-state index < -0.39 is 11.7 Å². The fraction of sp³-hybridized carbons (Fsp3) is 0.600. The first-order valence-corrected chi connectivity index (χ1v) is 6.96. The molecule has 0 atom stereocenters. The van der Waals surface area contributed by atoms with E-state index in [1.807, 2.05) is 0 Å². The van der Waals surface area contributed by atoms with Crippen LogP contribution in [0.1, 0.15) is 43.2 Å². The summed E-state index contributed by atoms with van der Waals surface area (Å²) in [6, 6.07) is 6.35. The van der Waals surface area contributed by atoms with Crippen LogP contribution in [0.15, 0.2) is 24.3 Å². The Bertz CT molecular complexity index is 395. The molecule has 1 N–H and O–H groups in total. The summed E-state index contributed by atoms with van der Waals surface area (Å²) >= 11 is 0. The van der Waals surface area contributed by atoms with Crippen molar-refractivity contribution in [3.8, 4) is 0 Å². The lowest BCUT2D eigenvalue weighted by molar-refractivity contribution is -0.138. The van der Waals surface area contributed by atoms with E-state index in [1.54, 1.807) is 12.1 Å². The molecule has 0 amide bonds. The lowest BCUT2D eigenvalue weighted by Gasteiger charge is -2.23. The van der Waals surface area contributed by atoms with Gasteiger partial charge in [-0.25, -0.2) is 0 Å². The van der Waals surface area contributed by atoms with E-state index in [2.05, 4.69) is 5.32 Å². The van der Waals surface area contributed by atoms with Crippen molar-refractivity contribution >= 4 is 0 Å². The van der Waals surface area contributed by atoms with Crippen molar-refractivity contribution in [1.82, 2.24) is 5.32 Å². The molecule has 0 saturated heterocycles. The molecule has 106 valence electrons. The van der Waals surface area contributed by atoms with Gasteiger partial charge in [0.1, 0.15) is 0 Å². The Balaban J connectivity index is 1.88. The summed E-state index contributed by atoms with van der Waals surface area (Å²) in [4.78, 5) is 0. The molecule has 0 unspecified atom stereocenters. The lowest BCUT2D eigenvalue weighted by atomic mass is 9.95. The van der Waals surface area contributed by atoms with Crippen LogP contribution in [-0.2, 0) is 12.6 Å². The molecular formula is C15H20F3N. The van der Waals surface area contributed by atoms with Gasteiger partial charge in [-0.3, -0.25) is 0 Å². The molecule has 0 bridgehead atoms. The zero-order chi connectivity index (χ0) is 13.7. The summed E-state index contributed by atoms with van der Waals surface area (Å²) in [5, 5.41) is 3.38. The Hall–Kier alpha value is -1.03. The first-order chi connectivity index (χ1) is 9.07. The van der Waals surface area contributed by atoms with E-state index in [0.717, 1.165) is 18.9 Å². The highest BCUT2D eigenvalue weighted by Gasteiger charge is 2.32. The minimum atomic E-state index is -4.25. The summed E-state index contributed by atoms with van der Waals surface area (Å²) in [6.07, 6.45) is 2.25. The zero-order valence-electron chi connectivity index (χ0n) is 11.0. The van der Waals surface area contributed by atoms with Crippen molar-refractivity contribution in [1.29, 1.82) is 0 Å². The van der Waals surface area contributed by atoms with Crippen LogP contribution < -0.4 is 5.32 Å². The van der Waals surface area contributed by atoms with Gasteiger partial charge in [0.05, 0.1) is 5.56 Å². The van der Waals surface area contributed by atoms with E-state index in [0.29, 0.717) is 24.6 Å². The van der Waals surface area contributed by atoms with Crippen LogP contribution in [0.5, 0.6) is 0 Å². The molecule has 1 fully saturated rings. The van der Waals surface area contributed by atoms with Crippen molar-refractivity contribution in [2.24, 2.45) is 0 Å². The molecule has 2 rings (SSSR count). The predicted molar refractivity (Wildman–Crippen MR) is 70.0 cm³/mol. The maximum absolute atomic E-state index is 12.8. The molecule has 4 heteroatoms. The maximum Gasteiger partial charge on any atom is 0.416 e. The van der Waals surface area contributed by atoms with E-state index in [1.165, 1.54) is 25.3 Å². The third kappa shape index (κ3) is 4.23. The molecule has 1 saturated carbocycles. The van der Waals surface area contributed by atoms with Gasteiger partial charge in [0.25, 0.3) is 0 Å². The molecule has 19 heavy (non-hydrogen) atoms. The summed E-state index contributed by atoms with van der Waals surface area (Å²) in [7, 11) is 0. The predicted octanol–water partition coefficient (Wildman–Crippen LogP) is 4.17. The summed E-state index contributed by atoms with van der Waals surface area (Å²) in [5.41, 5.74) is -0.112. The molecule has 1 aliphatic carbocycles. The average Bonchev–Trinajstić information content (AvgIpc) is 2.39. The molecule has 0 radical (unpaired) electrons. The van der Waals surface area contributed by atoms with Crippen molar-refractivity contribution in [3.63, 3.8) is 0 Å². The molecule has 0 heterocycles. The van der Waals surface area contributed by atoms with Gasteiger partial charge >= 0.3 is 6.18 Å². The van der Waals surface area contributed by atoms with E-state index in [4.69, 9.17) is 0 Å². The Labute approximate surface area is 112 Å². The first-order valence-electron chi connectivity index (χ1n) is 6.96. The van der Waals surface area contributed by atoms with Gasteiger partial charge in [0, 0.05) is 6.04 Å². The van der Waals surface area contributed by atoms with Crippen molar-refractivity contribution in [3.05, 3.63) is 35.4 Å². The number of hydrogen-bond acceptors (Lipinski definition) is 1. The molecular weight excluding hydrogens is 251 g/mol. The Kier molecular flexibility index (Phi) is 4.86. The second-order valence-corrected chi connectivity index (χ2v) is 5.19. The summed E-state index contributed by atoms with van der Waals surface area (Å²) in [6.45, 7) is 0.623. The van der Waals surface area contributed by atoms with Gasteiger partial charge < -0.3 is 5.32 Å². The van der Waals surface area contributed by atoms with Crippen LogP contribution >= 0.6 is 0 Å². The van der Waals surface area contributed by atoms with Crippen LogP contribution in [0, 0.1) is 0 Å². The lowest BCUT2D eigenvalue weighted by Crippen LogP contribution is -2.32.